The number of sulfonamides is 1. The van der Waals surface area contributed by atoms with Crippen LogP contribution in [0.25, 0.3) is 11.0 Å². The highest BCUT2D eigenvalue weighted by molar-refractivity contribution is 7.89. The predicted octanol–water partition coefficient (Wildman–Crippen LogP) is 2.20. The Kier molecular flexibility index (Phi) is 3.29. The van der Waals surface area contributed by atoms with Gasteiger partial charge in [0.25, 0.3) is 0 Å². The van der Waals surface area contributed by atoms with Crippen molar-refractivity contribution in [2.75, 3.05) is 13.1 Å². The van der Waals surface area contributed by atoms with Crippen LogP contribution in [0.5, 0.6) is 0 Å². The molecule has 0 atom stereocenters. The monoisotopic (exact) mass is 346 g/mol. The molecule has 4 rings (SSSR count). The van der Waals surface area contributed by atoms with E-state index < -0.39 is 10.0 Å². The van der Waals surface area contributed by atoms with Crippen molar-refractivity contribution in [1.82, 2.24) is 19.0 Å². The zero-order chi connectivity index (χ0) is 17.1. The van der Waals surface area contributed by atoms with Gasteiger partial charge in [-0.15, -0.1) is 0 Å². The third kappa shape index (κ3) is 2.10. The van der Waals surface area contributed by atoms with Gasteiger partial charge in [0, 0.05) is 13.1 Å². The SMILES string of the molecule is Cc1noc(C)c1S(=O)(=O)N1CC(n2c(C)nc3ccccc32)C1. The number of hydrogen-bond donors (Lipinski definition) is 0. The summed E-state index contributed by atoms with van der Waals surface area (Å²) in [6.07, 6.45) is 0. The summed E-state index contributed by atoms with van der Waals surface area (Å²) in [5, 5.41) is 3.75. The Balaban J connectivity index is 1.63. The summed E-state index contributed by atoms with van der Waals surface area (Å²) in [7, 11) is -3.57. The Bertz CT molecular complexity index is 1010. The van der Waals surface area contributed by atoms with E-state index in [0.717, 1.165) is 16.9 Å². The number of benzene rings is 1. The highest BCUT2D eigenvalue weighted by Gasteiger charge is 2.41. The minimum absolute atomic E-state index is 0.0904. The van der Waals surface area contributed by atoms with Crippen LogP contribution in [-0.2, 0) is 10.0 Å². The van der Waals surface area contributed by atoms with E-state index in [2.05, 4.69) is 14.7 Å². The molecule has 0 spiro atoms. The first-order valence-corrected chi connectivity index (χ1v) is 9.20. The van der Waals surface area contributed by atoms with E-state index in [-0.39, 0.29) is 10.9 Å². The van der Waals surface area contributed by atoms with Gasteiger partial charge in [0.2, 0.25) is 10.0 Å². The van der Waals surface area contributed by atoms with Gasteiger partial charge in [-0.1, -0.05) is 17.3 Å². The molecule has 0 aliphatic carbocycles. The lowest BCUT2D eigenvalue weighted by Gasteiger charge is -2.39. The number of aryl methyl sites for hydroxylation is 3. The van der Waals surface area contributed by atoms with Gasteiger partial charge in [-0.05, 0) is 32.9 Å². The zero-order valence-electron chi connectivity index (χ0n) is 13.7. The Hall–Kier alpha value is -2.19. The fourth-order valence-corrected chi connectivity index (χ4v) is 5.18. The van der Waals surface area contributed by atoms with Gasteiger partial charge in [-0.2, -0.15) is 4.31 Å². The number of hydrogen-bond acceptors (Lipinski definition) is 5. The lowest BCUT2D eigenvalue weighted by molar-refractivity contribution is 0.205. The summed E-state index contributed by atoms with van der Waals surface area (Å²) < 4.78 is 34.2. The smallest absolute Gasteiger partial charge is 0.248 e. The molecule has 1 saturated heterocycles. The van der Waals surface area contributed by atoms with E-state index in [9.17, 15) is 8.42 Å². The van der Waals surface area contributed by atoms with Crippen molar-refractivity contribution in [3.05, 3.63) is 41.5 Å². The lowest BCUT2D eigenvalue weighted by Crippen LogP contribution is -2.50. The summed E-state index contributed by atoms with van der Waals surface area (Å²) in [6.45, 7) is 6.07. The topological polar surface area (TPSA) is 81.2 Å². The summed E-state index contributed by atoms with van der Waals surface area (Å²) in [5.74, 6) is 1.23. The normalized spacial score (nSPS) is 16.6. The quantitative estimate of drug-likeness (QED) is 0.726. The fraction of sp³-hybridized carbons (Fsp3) is 0.375. The first-order valence-electron chi connectivity index (χ1n) is 7.76. The van der Waals surface area contributed by atoms with Crippen LogP contribution in [-0.4, -0.2) is 40.5 Å². The average molecular weight is 346 g/mol. The van der Waals surface area contributed by atoms with Crippen LogP contribution in [0.15, 0.2) is 33.7 Å². The Morgan fingerprint density at radius 2 is 1.88 bits per heavy atom. The molecule has 1 aliphatic heterocycles. The zero-order valence-corrected chi connectivity index (χ0v) is 14.5. The maximum atomic E-state index is 12.8. The van der Waals surface area contributed by atoms with Crippen LogP contribution in [0.4, 0.5) is 0 Å². The van der Waals surface area contributed by atoms with Gasteiger partial charge in [-0.25, -0.2) is 13.4 Å². The highest BCUT2D eigenvalue weighted by atomic mass is 32.2. The second-order valence-corrected chi connectivity index (χ2v) is 8.02. The molecular weight excluding hydrogens is 328 g/mol. The first kappa shape index (κ1) is 15.3. The molecule has 0 saturated carbocycles. The first-order chi connectivity index (χ1) is 11.4. The second-order valence-electron chi connectivity index (χ2n) is 6.15. The molecule has 24 heavy (non-hydrogen) atoms. The molecule has 1 fully saturated rings. The number of nitrogens with zero attached hydrogens (tertiary/aromatic N) is 4. The largest absolute Gasteiger partial charge is 0.360 e. The molecule has 7 nitrogen and oxygen atoms in total. The van der Waals surface area contributed by atoms with E-state index in [1.165, 1.54) is 4.31 Å². The maximum Gasteiger partial charge on any atom is 0.248 e. The van der Waals surface area contributed by atoms with Crippen LogP contribution in [0.3, 0.4) is 0 Å². The third-order valence-electron chi connectivity index (χ3n) is 4.53. The summed E-state index contributed by atoms with van der Waals surface area (Å²) in [4.78, 5) is 4.74. The fourth-order valence-electron chi connectivity index (χ4n) is 3.37. The van der Waals surface area contributed by atoms with Crippen molar-refractivity contribution >= 4 is 21.1 Å². The standard InChI is InChI=1S/C16H18N4O3S/c1-10-16(11(2)23-18-10)24(21,22)19-8-13(9-19)20-12(3)17-14-6-4-5-7-15(14)20/h4-7,13H,8-9H2,1-3H3. The van der Waals surface area contributed by atoms with Gasteiger partial charge in [0.1, 0.15) is 16.4 Å². The molecule has 2 aromatic heterocycles. The van der Waals surface area contributed by atoms with E-state index >= 15 is 0 Å². The number of fused-ring (bicyclic) bond motifs is 1. The van der Waals surface area contributed by atoms with Crippen LogP contribution in [0.2, 0.25) is 0 Å². The average Bonchev–Trinajstić information content (AvgIpc) is 2.98. The molecule has 0 unspecified atom stereocenters. The summed E-state index contributed by atoms with van der Waals surface area (Å²) >= 11 is 0. The molecule has 0 N–H and O–H groups in total. The van der Waals surface area contributed by atoms with E-state index in [1.807, 2.05) is 31.2 Å². The van der Waals surface area contributed by atoms with Crippen LogP contribution in [0.1, 0.15) is 23.3 Å². The summed E-state index contributed by atoms with van der Waals surface area (Å²) in [6, 6.07) is 7.99. The predicted molar refractivity (Wildman–Crippen MR) is 88.2 cm³/mol. The molecule has 0 bridgehead atoms. The van der Waals surface area contributed by atoms with Crippen LogP contribution >= 0.6 is 0 Å². The number of imidazole rings is 1. The number of para-hydroxylation sites is 2. The molecule has 1 aromatic carbocycles. The summed E-state index contributed by atoms with van der Waals surface area (Å²) in [5.41, 5.74) is 2.37. The van der Waals surface area contributed by atoms with Crippen LogP contribution in [0, 0.1) is 20.8 Å². The molecule has 1 aliphatic rings. The van der Waals surface area contributed by atoms with E-state index in [0.29, 0.717) is 24.5 Å². The lowest BCUT2D eigenvalue weighted by atomic mass is 10.1. The Morgan fingerprint density at radius 1 is 1.17 bits per heavy atom. The molecular formula is C16H18N4O3S. The van der Waals surface area contributed by atoms with Gasteiger partial charge in [0.05, 0.1) is 17.1 Å². The maximum absolute atomic E-state index is 12.8. The van der Waals surface area contributed by atoms with Gasteiger partial charge in [-0.3, -0.25) is 0 Å². The van der Waals surface area contributed by atoms with Crippen LogP contribution < -0.4 is 0 Å². The number of rotatable bonds is 3. The minimum atomic E-state index is -3.57. The van der Waals surface area contributed by atoms with E-state index in [4.69, 9.17) is 4.52 Å². The van der Waals surface area contributed by atoms with Crippen molar-refractivity contribution in [1.29, 1.82) is 0 Å². The van der Waals surface area contributed by atoms with E-state index in [1.54, 1.807) is 13.8 Å². The van der Waals surface area contributed by atoms with Crippen molar-refractivity contribution in [2.45, 2.75) is 31.7 Å². The Morgan fingerprint density at radius 3 is 2.54 bits per heavy atom. The van der Waals surface area contributed by atoms with Crippen molar-refractivity contribution in [2.24, 2.45) is 0 Å². The van der Waals surface area contributed by atoms with Gasteiger partial charge >= 0.3 is 0 Å². The molecule has 0 amide bonds. The molecule has 3 aromatic rings. The van der Waals surface area contributed by atoms with Gasteiger partial charge < -0.3 is 9.09 Å². The molecule has 0 radical (unpaired) electrons. The molecule has 3 heterocycles. The van der Waals surface area contributed by atoms with Crippen molar-refractivity contribution in [3.63, 3.8) is 0 Å². The third-order valence-corrected chi connectivity index (χ3v) is 6.61. The molecule has 126 valence electrons. The second kappa shape index (κ2) is 5.15. The van der Waals surface area contributed by atoms with Crippen molar-refractivity contribution < 1.29 is 12.9 Å². The molecule has 8 heteroatoms. The van der Waals surface area contributed by atoms with Gasteiger partial charge in [0.15, 0.2) is 5.76 Å². The minimum Gasteiger partial charge on any atom is -0.360 e. The Labute approximate surface area is 139 Å². The van der Waals surface area contributed by atoms with Crippen molar-refractivity contribution in [3.8, 4) is 0 Å². The number of aromatic nitrogens is 3. The highest BCUT2D eigenvalue weighted by Crippen LogP contribution is 2.33.